The first kappa shape index (κ1) is 15.5. The van der Waals surface area contributed by atoms with Crippen LogP contribution in [0.5, 0.6) is 0 Å². The van der Waals surface area contributed by atoms with Crippen LogP contribution in [0, 0.1) is 0 Å². The summed E-state index contributed by atoms with van der Waals surface area (Å²) in [5.41, 5.74) is 1.25. The Morgan fingerprint density at radius 1 is 1.33 bits per heavy atom. The molecule has 1 nitrogen and oxygen atoms in total. The quantitative estimate of drug-likeness (QED) is 0.763. The molecule has 0 amide bonds. The normalized spacial score (nSPS) is 13.8. The highest BCUT2D eigenvalue weighted by Gasteiger charge is 2.27. The van der Waals surface area contributed by atoms with Crippen molar-refractivity contribution < 1.29 is 13.2 Å². The van der Waals surface area contributed by atoms with Crippen LogP contribution < -0.4 is 5.32 Å². The second-order valence-corrected chi connectivity index (χ2v) is 5.23. The lowest BCUT2D eigenvalue weighted by molar-refractivity contribution is -0.135. The number of rotatable bonds is 7. The summed E-state index contributed by atoms with van der Waals surface area (Å²) >= 11 is 1.64. The number of hydrogen-bond acceptors (Lipinski definition) is 2. The Balaban J connectivity index is 2.60. The first-order valence-electron chi connectivity index (χ1n) is 6.34. The number of alkyl halides is 3. The lowest BCUT2D eigenvalue weighted by atomic mass is 10.0. The van der Waals surface area contributed by atoms with Gasteiger partial charge in [0.2, 0.25) is 0 Å². The van der Waals surface area contributed by atoms with E-state index in [1.807, 2.05) is 12.3 Å². The molecule has 5 heteroatoms. The summed E-state index contributed by atoms with van der Waals surface area (Å²) in [4.78, 5) is 1.20. The molecule has 0 aromatic carbocycles. The fourth-order valence-electron chi connectivity index (χ4n) is 2.02. The molecule has 0 saturated heterocycles. The highest BCUT2D eigenvalue weighted by Crippen LogP contribution is 2.30. The lowest BCUT2D eigenvalue weighted by Gasteiger charge is -2.18. The smallest absolute Gasteiger partial charge is 0.310 e. The molecule has 18 heavy (non-hydrogen) atoms. The van der Waals surface area contributed by atoms with Crippen molar-refractivity contribution in [3.8, 4) is 0 Å². The maximum Gasteiger partial charge on any atom is 0.389 e. The molecule has 1 aromatic rings. The molecular formula is C13H20F3NS. The van der Waals surface area contributed by atoms with Crippen LogP contribution in [0.3, 0.4) is 0 Å². The third-order valence-corrected chi connectivity index (χ3v) is 3.95. The van der Waals surface area contributed by atoms with Crippen LogP contribution in [-0.2, 0) is 6.42 Å². The fraction of sp³-hybridized carbons (Fsp3) is 0.692. The summed E-state index contributed by atoms with van der Waals surface area (Å²) in [5.74, 6) is 0. The maximum atomic E-state index is 12.2. The van der Waals surface area contributed by atoms with Crippen LogP contribution in [-0.4, -0.2) is 12.7 Å². The van der Waals surface area contributed by atoms with Gasteiger partial charge in [0.15, 0.2) is 0 Å². The van der Waals surface area contributed by atoms with Crippen molar-refractivity contribution in [2.24, 2.45) is 0 Å². The van der Waals surface area contributed by atoms with Crippen LogP contribution in [0.4, 0.5) is 13.2 Å². The number of aryl methyl sites for hydroxylation is 1. The molecule has 1 unspecified atom stereocenters. The minimum atomic E-state index is -4.04. The molecule has 0 bridgehead atoms. The largest absolute Gasteiger partial charge is 0.389 e. The molecule has 0 radical (unpaired) electrons. The van der Waals surface area contributed by atoms with Crippen molar-refractivity contribution in [3.05, 3.63) is 21.9 Å². The zero-order valence-electron chi connectivity index (χ0n) is 10.8. The van der Waals surface area contributed by atoms with E-state index in [0.29, 0.717) is 6.42 Å². The molecule has 0 aliphatic carbocycles. The Labute approximate surface area is 110 Å². The highest BCUT2D eigenvalue weighted by atomic mass is 32.1. The van der Waals surface area contributed by atoms with Gasteiger partial charge in [0.05, 0.1) is 0 Å². The Morgan fingerprint density at radius 2 is 2.06 bits per heavy atom. The van der Waals surface area contributed by atoms with Gasteiger partial charge in [-0.1, -0.05) is 13.8 Å². The van der Waals surface area contributed by atoms with E-state index < -0.39 is 12.6 Å². The molecule has 1 heterocycles. The average molecular weight is 279 g/mol. The molecule has 104 valence electrons. The molecule has 0 spiro atoms. The van der Waals surface area contributed by atoms with Gasteiger partial charge in [0.1, 0.15) is 0 Å². The van der Waals surface area contributed by atoms with Crippen molar-refractivity contribution in [2.75, 3.05) is 6.54 Å². The van der Waals surface area contributed by atoms with Gasteiger partial charge in [-0.25, -0.2) is 0 Å². The molecular weight excluding hydrogens is 259 g/mol. The summed E-state index contributed by atoms with van der Waals surface area (Å²) < 4.78 is 36.5. The van der Waals surface area contributed by atoms with Crippen molar-refractivity contribution in [3.63, 3.8) is 0 Å². The second-order valence-electron chi connectivity index (χ2n) is 4.28. The standard InChI is InChI=1S/C13H20F3NS/c1-3-10-7-9-18-12(10)11(17-4-2)6-5-8-13(14,15)16/h7,9,11,17H,3-6,8H2,1-2H3. The molecule has 1 rings (SSSR count). The van der Waals surface area contributed by atoms with Crippen molar-refractivity contribution in [1.29, 1.82) is 0 Å². The third kappa shape index (κ3) is 4.98. The molecule has 0 fully saturated rings. The van der Waals surface area contributed by atoms with Gasteiger partial charge in [-0.2, -0.15) is 13.2 Å². The van der Waals surface area contributed by atoms with Crippen LogP contribution >= 0.6 is 11.3 Å². The zero-order chi connectivity index (χ0) is 13.6. The highest BCUT2D eigenvalue weighted by molar-refractivity contribution is 7.10. The van der Waals surface area contributed by atoms with E-state index in [1.54, 1.807) is 11.3 Å². The Kier molecular flexibility index (Phi) is 6.15. The fourth-order valence-corrected chi connectivity index (χ4v) is 3.13. The molecule has 1 atom stereocenters. The van der Waals surface area contributed by atoms with Crippen LogP contribution in [0.1, 0.15) is 49.6 Å². The number of nitrogens with one attached hydrogen (secondary N) is 1. The van der Waals surface area contributed by atoms with Crippen LogP contribution in [0.2, 0.25) is 0 Å². The third-order valence-electron chi connectivity index (χ3n) is 2.88. The molecule has 0 saturated carbocycles. The Hall–Kier alpha value is -0.550. The summed E-state index contributed by atoms with van der Waals surface area (Å²) in [6.07, 6.45) is -3.08. The predicted molar refractivity (Wildman–Crippen MR) is 70.0 cm³/mol. The summed E-state index contributed by atoms with van der Waals surface area (Å²) in [6, 6.07) is 2.13. The minimum absolute atomic E-state index is 0.0623. The number of thiophene rings is 1. The van der Waals surface area contributed by atoms with Crippen molar-refractivity contribution in [1.82, 2.24) is 5.32 Å². The maximum absolute atomic E-state index is 12.2. The second kappa shape index (κ2) is 7.14. The van der Waals surface area contributed by atoms with Crippen LogP contribution in [0.25, 0.3) is 0 Å². The monoisotopic (exact) mass is 279 g/mol. The zero-order valence-corrected chi connectivity index (χ0v) is 11.6. The molecule has 0 aliphatic rings. The van der Waals surface area contributed by atoms with Gasteiger partial charge in [-0.05, 0) is 42.8 Å². The van der Waals surface area contributed by atoms with Gasteiger partial charge in [0, 0.05) is 17.3 Å². The van der Waals surface area contributed by atoms with Gasteiger partial charge in [0.25, 0.3) is 0 Å². The predicted octanol–water partition coefficient (Wildman–Crippen LogP) is 4.69. The van der Waals surface area contributed by atoms with E-state index in [0.717, 1.165) is 13.0 Å². The van der Waals surface area contributed by atoms with E-state index in [1.165, 1.54) is 10.4 Å². The van der Waals surface area contributed by atoms with Gasteiger partial charge < -0.3 is 5.32 Å². The van der Waals surface area contributed by atoms with E-state index in [4.69, 9.17) is 0 Å². The Bertz CT molecular complexity index is 346. The van der Waals surface area contributed by atoms with E-state index in [9.17, 15) is 13.2 Å². The van der Waals surface area contributed by atoms with E-state index >= 15 is 0 Å². The van der Waals surface area contributed by atoms with Gasteiger partial charge >= 0.3 is 6.18 Å². The van der Waals surface area contributed by atoms with E-state index in [2.05, 4.69) is 18.3 Å². The average Bonchev–Trinajstić information content (AvgIpc) is 2.74. The minimum Gasteiger partial charge on any atom is -0.310 e. The van der Waals surface area contributed by atoms with Gasteiger partial charge in [-0.15, -0.1) is 11.3 Å². The SMILES string of the molecule is CCNC(CCCC(F)(F)F)c1sccc1CC. The van der Waals surface area contributed by atoms with Gasteiger partial charge in [-0.3, -0.25) is 0 Å². The first-order chi connectivity index (χ1) is 8.48. The number of hydrogen-bond donors (Lipinski definition) is 1. The molecule has 1 N–H and O–H groups in total. The lowest BCUT2D eigenvalue weighted by Crippen LogP contribution is -2.21. The van der Waals surface area contributed by atoms with Crippen molar-refractivity contribution >= 4 is 11.3 Å². The topological polar surface area (TPSA) is 12.0 Å². The Morgan fingerprint density at radius 3 is 2.61 bits per heavy atom. The summed E-state index contributed by atoms with van der Waals surface area (Å²) in [5, 5.41) is 5.31. The molecule has 0 aliphatic heterocycles. The van der Waals surface area contributed by atoms with Crippen molar-refractivity contribution in [2.45, 2.75) is 51.7 Å². The van der Waals surface area contributed by atoms with E-state index in [-0.39, 0.29) is 12.5 Å². The summed E-state index contributed by atoms with van der Waals surface area (Å²) in [6.45, 7) is 4.83. The van der Waals surface area contributed by atoms with Crippen LogP contribution in [0.15, 0.2) is 11.4 Å². The summed E-state index contributed by atoms with van der Waals surface area (Å²) in [7, 11) is 0. The molecule has 1 aromatic heterocycles. The number of halogens is 3. The first-order valence-corrected chi connectivity index (χ1v) is 7.22.